The number of carbonyl (C=O) groups excluding carboxylic acids is 1. The number of amides is 1. The lowest BCUT2D eigenvalue weighted by Crippen LogP contribution is -2.47. The van der Waals surface area contributed by atoms with Crippen molar-refractivity contribution in [2.45, 2.75) is 58.2 Å². The van der Waals surface area contributed by atoms with Crippen LogP contribution in [-0.4, -0.2) is 35.7 Å². The number of nitrogens with zero attached hydrogens (tertiary/aromatic N) is 1. The summed E-state index contributed by atoms with van der Waals surface area (Å²) in [5, 5.41) is 3.46. The normalized spacial score (nSPS) is 17.9. The van der Waals surface area contributed by atoms with Crippen molar-refractivity contribution in [2.75, 3.05) is 13.1 Å². The van der Waals surface area contributed by atoms with Gasteiger partial charge in [-0.25, -0.2) is 9.18 Å². The zero-order valence-corrected chi connectivity index (χ0v) is 14.4. The fourth-order valence-electron chi connectivity index (χ4n) is 2.82. The minimum Gasteiger partial charge on any atom is -0.444 e. The van der Waals surface area contributed by atoms with Gasteiger partial charge in [0.25, 0.3) is 0 Å². The van der Waals surface area contributed by atoms with Crippen molar-refractivity contribution >= 4 is 6.09 Å². The number of halogens is 1. The van der Waals surface area contributed by atoms with Crippen molar-refractivity contribution in [1.82, 2.24) is 10.2 Å². The van der Waals surface area contributed by atoms with E-state index >= 15 is 0 Å². The molecule has 2 rings (SSSR count). The third-order valence-electron chi connectivity index (χ3n) is 4.00. The van der Waals surface area contributed by atoms with E-state index in [-0.39, 0.29) is 24.0 Å². The highest BCUT2D eigenvalue weighted by Gasteiger charge is 2.27. The van der Waals surface area contributed by atoms with Crippen molar-refractivity contribution in [3.63, 3.8) is 0 Å². The van der Waals surface area contributed by atoms with Gasteiger partial charge in [0.05, 0.1) is 0 Å². The van der Waals surface area contributed by atoms with Gasteiger partial charge in [-0.15, -0.1) is 0 Å². The number of hydrogen-bond donors (Lipinski definition) is 1. The first-order chi connectivity index (χ1) is 10.8. The topological polar surface area (TPSA) is 41.6 Å². The molecule has 0 bridgehead atoms. The van der Waals surface area contributed by atoms with Gasteiger partial charge in [0.1, 0.15) is 11.4 Å². The maximum atomic E-state index is 13.8. The lowest BCUT2D eigenvalue weighted by molar-refractivity contribution is 0.0196. The first-order valence-electron chi connectivity index (χ1n) is 8.24. The van der Waals surface area contributed by atoms with E-state index in [1.165, 1.54) is 6.07 Å². The molecule has 0 aromatic heterocycles. The molecule has 0 saturated carbocycles. The van der Waals surface area contributed by atoms with Gasteiger partial charge in [0, 0.05) is 30.7 Å². The summed E-state index contributed by atoms with van der Waals surface area (Å²) in [5.41, 5.74) is 0.216. The Labute approximate surface area is 138 Å². The van der Waals surface area contributed by atoms with Crippen molar-refractivity contribution in [3.8, 4) is 0 Å². The SMILES string of the molecule is C[C@@H](NC1CCN(C(=O)OC(C)(C)C)CC1)c1ccccc1F. The molecule has 1 atom stereocenters. The van der Waals surface area contributed by atoms with E-state index in [4.69, 9.17) is 4.74 Å². The monoisotopic (exact) mass is 322 g/mol. The molecule has 1 fully saturated rings. The maximum Gasteiger partial charge on any atom is 0.410 e. The van der Waals surface area contributed by atoms with E-state index in [2.05, 4.69) is 5.32 Å². The number of hydrogen-bond acceptors (Lipinski definition) is 3. The van der Waals surface area contributed by atoms with Crippen LogP contribution in [0.2, 0.25) is 0 Å². The van der Waals surface area contributed by atoms with Crippen LogP contribution in [0.15, 0.2) is 24.3 Å². The average Bonchev–Trinajstić information content (AvgIpc) is 2.46. The smallest absolute Gasteiger partial charge is 0.410 e. The standard InChI is InChI=1S/C18H27FN2O2/c1-13(15-7-5-6-8-16(15)19)20-14-9-11-21(12-10-14)17(22)23-18(2,3)4/h5-8,13-14,20H,9-12H2,1-4H3/t13-/m1/s1. The average molecular weight is 322 g/mol. The Morgan fingerprint density at radius 3 is 2.48 bits per heavy atom. The number of benzene rings is 1. The third kappa shape index (κ3) is 5.20. The molecule has 0 aliphatic carbocycles. The Morgan fingerprint density at radius 1 is 1.30 bits per heavy atom. The van der Waals surface area contributed by atoms with E-state index in [9.17, 15) is 9.18 Å². The summed E-state index contributed by atoms with van der Waals surface area (Å²) in [6.07, 6.45) is 1.44. The molecule has 1 N–H and O–H groups in total. The Balaban J connectivity index is 1.83. The lowest BCUT2D eigenvalue weighted by atomic mass is 10.0. The highest BCUT2D eigenvalue weighted by molar-refractivity contribution is 5.68. The van der Waals surface area contributed by atoms with Crippen molar-refractivity contribution in [3.05, 3.63) is 35.6 Å². The van der Waals surface area contributed by atoms with Gasteiger partial charge in [-0.2, -0.15) is 0 Å². The second-order valence-electron chi connectivity index (χ2n) is 7.15. The van der Waals surface area contributed by atoms with Crippen LogP contribution in [0.1, 0.15) is 52.1 Å². The molecule has 1 amide bonds. The molecule has 1 heterocycles. The van der Waals surface area contributed by atoms with E-state index in [0.29, 0.717) is 18.7 Å². The fourth-order valence-corrected chi connectivity index (χ4v) is 2.82. The summed E-state index contributed by atoms with van der Waals surface area (Å²) in [6, 6.07) is 7.08. The molecular weight excluding hydrogens is 295 g/mol. The minimum atomic E-state index is -0.467. The van der Waals surface area contributed by atoms with Gasteiger partial charge in [0.15, 0.2) is 0 Å². The van der Waals surface area contributed by atoms with Crippen LogP contribution < -0.4 is 5.32 Å². The molecule has 5 heteroatoms. The molecular formula is C18H27FN2O2. The van der Waals surface area contributed by atoms with Gasteiger partial charge < -0.3 is 15.0 Å². The molecule has 0 unspecified atom stereocenters. The van der Waals surface area contributed by atoms with Gasteiger partial charge >= 0.3 is 6.09 Å². The number of piperidine rings is 1. The van der Waals surface area contributed by atoms with Gasteiger partial charge in [-0.05, 0) is 46.6 Å². The van der Waals surface area contributed by atoms with Gasteiger partial charge in [-0.3, -0.25) is 0 Å². The van der Waals surface area contributed by atoms with E-state index in [1.54, 1.807) is 11.0 Å². The molecule has 1 aliphatic rings. The second-order valence-corrected chi connectivity index (χ2v) is 7.15. The second kappa shape index (κ2) is 7.30. The number of likely N-dealkylation sites (tertiary alicyclic amines) is 1. The van der Waals surface area contributed by atoms with Crippen LogP contribution in [0.5, 0.6) is 0 Å². The van der Waals surface area contributed by atoms with Gasteiger partial charge in [0.2, 0.25) is 0 Å². The zero-order valence-electron chi connectivity index (χ0n) is 14.4. The number of ether oxygens (including phenoxy) is 1. The van der Waals surface area contributed by atoms with Crippen LogP contribution in [-0.2, 0) is 4.74 Å². The Bertz CT molecular complexity index is 534. The Kier molecular flexibility index (Phi) is 5.63. The molecule has 0 radical (unpaired) electrons. The number of rotatable bonds is 3. The first kappa shape index (κ1) is 17.7. The van der Waals surface area contributed by atoms with E-state index in [0.717, 1.165) is 12.8 Å². The summed E-state index contributed by atoms with van der Waals surface area (Å²) in [4.78, 5) is 13.8. The number of nitrogens with one attached hydrogen (secondary N) is 1. The highest BCUT2D eigenvalue weighted by Crippen LogP contribution is 2.20. The molecule has 1 saturated heterocycles. The van der Waals surface area contributed by atoms with Crippen LogP contribution in [0.25, 0.3) is 0 Å². The lowest BCUT2D eigenvalue weighted by Gasteiger charge is -2.35. The molecule has 1 aromatic rings. The zero-order chi connectivity index (χ0) is 17.0. The predicted molar refractivity (Wildman–Crippen MR) is 88.8 cm³/mol. The molecule has 128 valence electrons. The van der Waals surface area contributed by atoms with Crippen LogP contribution in [0.4, 0.5) is 9.18 Å². The van der Waals surface area contributed by atoms with Gasteiger partial charge in [-0.1, -0.05) is 18.2 Å². The number of carbonyl (C=O) groups is 1. The fraction of sp³-hybridized carbons (Fsp3) is 0.611. The van der Waals surface area contributed by atoms with Crippen LogP contribution in [0, 0.1) is 5.82 Å². The predicted octanol–water partition coefficient (Wildman–Crippen LogP) is 3.88. The quantitative estimate of drug-likeness (QED) is 0.918. The Morgan fingerprint density at radius 2 is 1.91 bits per heavy atom. The molecule has 0 spiro atoms. The molecule has 1 aromatic carbocycles. The Hall–Kier alpha value is -1.62. The summed E-state index contributed by atoms with van der Waals surface area (Å²) in [5.74, 6) is -0.182. The minimum absolute atomic E-state index is 0.0470. The largest absolute Gasteiger partial charge is 0.444 e. The van der Waals surface area contributed by atoms with Crippen molar-refractivity contribution in [1.29, 1.82) is 0 Å². The summed E-state index contributed by atoms with van der Waals surface area (Å²) in [6.45, 7) is 8.91. The third-order valence-corrected chi connectivity index (χ3v) is 4.00. The van der Waals surface area contributed by atoms with Crippen LogP contribution >= 0.6 is 0 Å². The van der Waals surface area contributed by atoms with E-state index in [1.807, 2.05) is 39.8 Å². The molecule has 4 nitrogen and oxygen atoms in total. The summed E-state index contributed by atoms with van der Waals surface area (Å²) < 4.78 is 19.2. The summed E-state index contributed by atoms with van der Waals surface area (Å²) >= 11 is 0. The first-order valence-corrected chi connectivity index (χ1v) is 8.24. The maximum absolute atomic E-state index is 13.8. The molecule has 1 aliphatic heterocycles. The van der Waals surface area contributed by atoms with Crippen molar-refractivity contribution in [2.24, 2.45) is 0 Å². The highest BCUT2D eigenvalue weighted by atomic mass is 19.1. The molecule has 23 heavy (non-hydrogen) atoms. The van der Waals surface area contributed by atoms with E-state index < -0.39 is 5.60 Å². The summed E-state index contributed by atoms with van der Waals surface area (Å²) in [7, 11) is 0. The van der Waals surface area contributed by atoms with Crippen LogP contribution in [0.3, 0.4) is 0 Å². The van der Waals surface area contributed by atoms with Crippen molar-refractivity contribution < 1.29 is 13.9 Å².